The van der Waals surface area contributed by atoms with Gasteiger partial charge in [-0.15, -0.1) is 0 Å². The SMILES string of the molecule is Cc1ccc([C@H](CNC(=O)Cc2ccc(F)cc2)N2CCOCC2)cc1. The lowest BCUT2D eigenvalue weighted by atomic mass is 10.0. The number of rotatable bonds is 6. The summed E-state index contributed by atoms with van der Waals surface area (Å²) in [6.07, 6.45) is 0.254. The fourth-order valence-electron chi connectivity index (χ4n) is 3.20. The molecule has 138 valence electrons. The molecule has 0 saturated carbocycles. The molecule has 4 nitrogen and oxygen atoms in total. The van der Waals surface area contributed by atoms with Gasteiger partial charge in [0, 0.05) is 19.6 Å². The quantitative estimate of drug-likeness (QED) is 0.865. The van der Waals surface area contributed by atoms with Gasteiger partial charge in [-0.3, -0.25) is 9.69 Å². The molecule has 1 saturated heterocycles. The van der Waals surface area contributed by atoms with Gasteiger partial charge in [-0.25, -0.2) is 4.39 Å². The van der Waals surface area contributed by atoms with Crippen LogP contribution < -0.4 is 5.32 Å². The van der Waals surface area contributed by atoms with Crippen molar-refractivity contribution < 1.29 is 13.9 Å². The molecule has 3 rings (SSSR count). The third-order valence-corrected chi connectivity index (χ3v) is 4.72. The summed E-state index contributed by atoms with van der Waals surface area (Å²) in [4.78, 5) is 14.7. The monoisotopic (exact) mass is 356 g/mol. The molecule has 1 amide bonds. The van der Waals surface area contributed by atoms with Crippen LogP contribution in [0.3, 0.4) is 0 Å². The maximum absolute atomic E-state index is 13.0. The van der Waals surface area contributed by atoms with Crippen molar-refractivity contribution >= 4 is 5.91 Å². The number of carbonyl (C=O) groups excluding carboxylic acids is 1. The number of halogens is 1. The molecule has 5 heteroatoms. The van der Waals surface area contributed by atoms with Crippen molar-refractivity contribution in [1.29, 1.82) is 0 Å². The minimum Gasteiger partial charge on any atom is -0.379 e. The van der Waals surface area contributed by atoms with Crippen molar-refractivity contribution in [2.45, 2.75) is 19.4 Å². The van der Waals surface area contributed by atoms with Gasteiger partial charge in [0.2, 0.25) is 5.91 Å². The summed E-state index contributed by atoms with van der Waals surface area (Å²) in [6.45, 7) is 5.75. The summed E-state index contributed by atoms with van der Waals surface area (Å²) in [5, 5.41) is 3.04. The molecular weight excluding hydrogens is 331 g/mol. The number of carbonyl (C=O) groups is 1. The van der Waals surface area contributed by atoms with E-state index in [0.717, 1.165) is 18.7 Å². The van der Waals surface area contributed by atoms with Crippen LogP contribution in [0.1, 0.15) is 22.7 Å². The van der Waals surface area contributed by atoms with E-state index >= 15 is 0 Å². The Hall–Kier alpha value is -2.24. The molecule has 1 atom stereocenters. The maximum atomic E-state index is 13.0. The molecule has 0 spiro atoms. The van der Waals surface area contributed by atoms with Crippen LogP contribution in [0.15, 0.2) is 48.5 Å². The average molecular weight is 356 g/mol. The minimum atomic E-state index is -0.291. The van der Waals surface area contributed by atoms with E-state index in [4.69, 9.17) is 4.74 Å². The summed E-state index contributed by atoms with van der Waals surface area (Å²) >= 11 is 0. The van der Waals surface area contributed by atoms with Crippen molar-refractivity contribution in [2.24, 2.45) is 0 Å². The third kappa shape index (κ3) is 5.13. The van der Waals surface area contributed by atoms with Crippen LogP contribution in [0, 0.1) is 12.7 Å². The number of morpholine rings is 1. The first kappa shape index (κ1) is 18.5. The van der Waals surface area contributed by atoms with Crippen LogP contribution in [0.25, 0.3) is 0 Å². The Morgan fingerprint density at radius 3 is 2.42 bits per heavy atom. The number of nitrogens with zero attached hydrogens (tertiary/aromatic N) is 1. The maximum Gasteiger partial charge on any atom is 0.224 e. The van der Waals surface area contributed by atoms with Crippen LogP contribution in [0.4, 0.5) is 4.39 Å². The molecule has 1 fully saturated rings. The standard InChI is InChI=1S/C21H25FN2O2/c1-16-2-6-18(7-3-16)20(24-10-12-26-13-11-24)15-23-21(25)14-17-4-8-19(22)9-5-17/h2-9,20H,10-15H2,1H3,(H,23,25)/t20-/m0/s1. The molecule has 2 aromatic carbocycles. The molecule has 0 radical (unpaired) electrons. The smallest absolute Gasteiger partial charge is 0.224 e. The summed E-state index contributed by atoms with van der Waals surface area (Å²) in [5.41, 5.74) is 3.22. The first-order chi connectivity index (χ1) is 12.6. The second-order valence-corrected chi connectivity index (χ2v) is 6.68. The zero-order chi connectivity index (χ0) is 18.4. The highest BCUT2D eigenvalue weighted by molar-refractivity contribution is 5.78. The molecule has 1 aliphatic rings. The van der Waals surface area contributed by atoms with E-state index < -0.39 is 0 Å². The molecule has 1 heterocycles. The van der Waals surface area contributed by atoms with Crippen molar-refractivity contribution in [2.75, 3.05) is 32.8 Å². The minimum absolute atomic E-state index is 0.0537. The predicted octanol–water partition coefficient (Wildman–Crippen LogP) is 2.87. The van der Waals surface area contributed by atoms with Gasteiger partial charge >= 0.3 is 0 Å². The summed E-state index contributed by atoms with van der Waals surface area (Å²) < 4.78 is 18.4. The number of nitrogens with one attached hydrogen (secondary N) is 1. The normalized spacial score (nSPS) is 16.2. The van der Waals surface area contributed by atoms with Gasteiger partial charge in [0.25, 0.3) is 0 Å². The number of hydrogen-bond acceptors (Lipinski definition) is 3. The number of ether oxygens (including phenoxy) is 1. The van der Waals surface area contributed by atoms with E-state index in [1.807, 2.05) is 0 Å². The lowest BCUT2D eigenvalue weighted by Crippen LogP contribution is -2.44. The highest BCUT2D eigenvalue weighted by Crippen LogP contribution is 2.22. The topological polar surface area (TPSA) is 41.6 Å². The Kier molecular flexibility index (Phi) is 6.36. The van der Waals surface area contributed by atoms with Crippen molar-refractivity contribution in [3.63, 3.8) is 0 Å². The van der Waals surface area contributed by atoms with Crippen LogP contribution in [0.5, 0.6) is 0 Å². The zero-order valence-electron chi connectivity index (χ0n) is 15.1. The lowest BCUT2D eigenvalue weighted by Gasteiger charge is -2.35. The first-order valence-corrected chi connectivity index (χ1v) is 9.01. The highest BCUT2D eigenvalue weighted by Gasteiger charge is 2.23. The second-order valence-electron chi connectivity index (χ2n) is 6.68. The molecule has 26 heavy (non-hydrogen) atoms. The highest BCUT2D eigenvalue weighted by atomic mass is 19.1. The van der Waals surface area contributed by atoms with Crippen molar-refractivity contribution in [3.05, 3.63) is 71.0 Å². The number of amides is 1. The van der Waals surface area contributed by atoms with Gasteiger partial charge in [0.05, 0.1) is 25.7 Å². The van der Waals surface area contributed by atoms with E-state index in [-0.39, 0.29) is 24.2 Å². The molecular formula is C21H25FN2O2. The van der Waals surface area contributed by atoms with E-state index in [0.29, 0.717) is 19.8 Å². The molecule has 0 bridgehead atoms. The summed E-state index contributed by atoms with van der Waals surface area (Å²) in [7, 11) is 0. The fourth-order valence-corrected chi connectivity index (χ4v) is 3.20. The van der Waals surface area contributed by atoms with Crippen molar-refractivity contribution in [3.8, 4) is 0 Å². The Balaban J connectivity index is 1.64. The first-order valence-electron chi connectivity index (χ1n) is 9.01. The number of benzene rings is 2. The van der Waals surface area contributed by atoms with E-state index in [9.17, 15) is 9.18 Å². The van der Waals surface area contributed by atoms with Gasteiger partial charge < -0.3 is 10.1 Å². The molecule has 0 aromatic heterocycles. The Morgan fingerprint density at radius 2 is 1.77 bits per heavy atom. The van der Waals surface area contributed by atoms with Crippen LogP contribution in [-0.4, -0.2) is 43.7 Å². The Morgan fingerprint density at radius 1 is 1.12 bits per heavy atom. The average Bonchev–Trinajstić information content (AvgIpc) is 2.66. The van der Waals surface area contributed by atoms with Crippen LogP contribution >= 0.6 is 0 Å². The van der Waals surface area contributed by atoms with Gasteiger partial charge in [-0.1, -0.05) is 42.0 Å². The molecule has 1 N–H and O–H groups in total. The second kappa shape index (κ2) is 8.92. The number of hydrogen-bond donors (Lipinski definition) is 1. The van der Waals surface area contributed by atoms with E-state index in [2.05, 4.69) is 41.4 Å². The fraction of sp³-hybridized carbons (Fsp3) is 0.381. The Labute approximate surface area is 154 Å². The molecule has 0 aliphatic carbocycles. The summed E-state index contributed by atoms with van der Waals surface area (Å²) in [5.74, 6) is -0.345. The largest absolute Gasteiger partial charge is 0.379 e. The number of aryl methyl sites for hydroxylation is 1. The van der Waals surface area contributed by atoms with E-state index in [1.54, 1.807) is 12.1 Å². The van der Waals surface area contributed by atoms with Gasteiger partial charge in [-0.05, 0) is 30.2 Å². The van der Waals surface area contributed by atoms with Gasteiger partial charge in [-0.2, -0.15) is 0 Å². The Bertz CT molecular complexity index is 710. The van der Waals surface area contributed by atoms with Crippen molar-refractivity contribution in [1.82, 2.24) is 10.2 Å². The van der Waals surface area contributed by atoms with Gasteiger partial charge in [0.1, 0.15) is 5.82 Å². The van der Waals surface area contributed by atoms with E-state index in [1.165, 1.54) is 23.3 Å². The lowest BCUT2D eigenvalue weighted by molar-refractivity contribution is -0.120. The summed E-state index contributed by atoms with van der Waals surface area (Å²) in [6, 6.07) is 14.6. The van der Waals surface area contributed by atoms with Crippen LogP contribution in [-0.2, 0) is 16.0 Å². The van der Waals surface area contributed by atoms with Crippen LogP contribution in [0.2, 0.25) is 0 Å². The predicted molar refractivity (Wildman–Crippen MR) is 99.4 cm³/mol. The molecule has 2 aromatic rings. The zero-order valence-corrected chi connectivity index (χ0v) is 15.1. The molecule has 1 aliphatic heterocycles. The third-order valence-electron chi connectivity index (χ3n) is 4.72. The molecule has 0 unspecified atom stereocenters. The van der Waals surface area contributed by atoms with Gasteiger partial charge in [0.15, 0.2) is 0 Å².